The van der Waals surface area contributed by atoms with Crippen LogP contribution in [-0.4, -0.2) is 43.1 Å². The van der Waals surface area contributed by atoms with Gasteiger partial charge in [-0.1, -0.05) is 6.07 Å². The quantitative estimate of drug-likeness (QED) is 0.801. The van der Waals surface area contributed by atoms with Crippen molar-refractivity contribution >= 4 is 11.2 Å². The van der Waals surface area contributed by atoms with Crippen LogP contribution < -0.4 is 0 Å². The Balaban J connectivity index is 1.53. The molecule has 0 aliphatic carbocycles. The van der Waals surface area contributed by atoms with Crippen molar-refractivity contribution in [3.05, 3.63) is 48.2 Å². The van der Waals surface area contributed by atoms with Crippen LogP contribution in [-0.2, 0) is 6.54 Å². The maximum absolute atomic E-state index is 4.44. The summed E-state index contributed by atoms with van der Waals surface area (Å²) < 4.78 is 0. The van der Waals surface area contributed by atoms with Crippen molar-refractivity contribution in [1.82, 2.24) is 30.0 Å². The number of piperidine rings is 1. The second-order valence-corrected chi connectivity index (χ2v) is 5.80. The molecule has 3 aromatic heterocycles. The molecule has 0 bridgehead atoms. The average Bonchev–Trinajstić information content (AvgIpc) is 3.00. The maximum Gasteiger partial charge on any atom is 0.199 e. The Morgan fingerprint density at radius 2 is 2.18 bits per heavy atom. The molecule has 4 heterocycles. The second-order valence-electron chi connectivity index (χ2n) is 5.80. The lowest BCUT2D eigenvalue weighted by Crippen LogP contribution is -2.34. The van der Waals surface area contributed by atoms with Gasteiger partial charge in [-0.2, -0.15) is 5.10 Å². The standard InChI is InChI=1S/C16H18N6/c1-3-12(9-17-5-1)10-22-8-2-4-13(11-22)14-15-16(21-20-14)19-7-6-18-15/h1,3,5-7,9,13H,2,4,8,10-11H2,(H,19,20,21)/t13-/m1/s1. The molecule has 6 nitrogen and oxygen atoms in total. The van der Waals surface area contributed by atoms with Crippen LogP contribution in [0.3, 0.4) is 0 Å². The number of aromatic nitrogens is 5. The molecule has 1 N–H and O–H groups in total. The number of nitrogens with one attached hydrogen (secondary N) is 1. The van der Waals surface area contributed by atoms with Crippen LogP contribution in [0.2, 0.25) is 0 Å². The summed E-state index contributed by atoms with van der Waals surface area (Å²) in [7, 11) is 0. The summed E-state index contributed by atoms with van der Waals surface area (Å²) in [6.45, 7) is 3.09. The maximum atomic E-state index is 4.44. The molecule has 3 aromatic rings. The summed E-state index contributed by atoms with van der Waals surface area (Å²) in [5, 5.41) is 7.43. The van der Waals surface area contributed by atoms with Crippen LogP contribution in [0, 0.1) is 0 Å². The van der Waals surface area contributed by atoms with E-state index in [4.69, 9.17) is 0 Å². The van der Waals surface area contributed by atoms with Crippen molar-refractivity contribution in [3.63, 3.8) is 0 Å². The Hall–Kier alpha value is -2.34. The Morgan fingerprint density at radius 1 is 1.23 bits per heavy atom. The van der Waals surface area contributed by atoms with Crippen molar-refractivity contribution < 1.29 is 0 Å². The van der Waals surface area contributed by atoms with Crippen LogP contribution in [0.25, 0.3) is 11.2 Å². The Bertz CT molecular complexity index is 753. The molecule has 0 aromatic carbocycles. The predicted molar refractivity (Wildman–Crippen MR) is 83.2 cm³/mol. The summed E-state index contributed by atoms with van der Waals surface area (Å²) >= 11 is 0. The van der Waals surface area contributed by atoms with E-state index in [2.05, 4.69) is 36.1 Å². The fraction of sp³-hybridized carbons (Fsp3) is 0.375. The van der Waals surface area contributed by atoms with E-state index in [1.54, 1.807) is 12.4 Å². The molecule has 0 amide bonds. The van der Waals surface area contributed by atoms with Gasteiger partial charge in [0, 0.05) is 43.8 Å². The first-order chi connectivity index (χ1) is 10.9. The van der Waals surface area contributed by atoms with Gasteiger partial charge in [-0.05, 0) is 31.0 Å². The van der Waals surface area contributed by atoms with Gasteiger partial charge in [0.2, 0.25) is 0 Å². The zero-order valence-corrected chi connectivity index (χ0v) is 12.3. The third kappa shape index (κ3) is 2.57. The Labute approximate surface area is 128 Å². The molecule has 4 rings (SSSR count). The highest BCUT2D eigenvalue weighted by Crippen LogP contribution is 2.29. The molecule has 22 heavy (non-hydrogen) atoms. The normalized spacial score (nSPS) is 19.5. The van der Waals surface area contributed by atoms with Gasteiger partial charge < -0.3 is 0 Å². The number of H-pyrrole nitrogens is 1. The number of aromatic amines is 1. The summed E-state index contributed by atoms with van der Waals surface area (Å²) in [5.74, 6) is 0.437. The minimum atomic E-state index is 0.437. The van der Waals surface area contributed by atoms with E-state index >= 15 is 0 Å². The van der Waals surface area contributed by atoms with Gasteiger partial charge in [0.25, 0.3) is 0 Å². The monoisotopic (exact) mass is 294 g/mol. The largest absolute Gasteiger partial charge is 0.298 e. The zero-order valence-electron chi connectivity index (χ0n) is 12.3. The molecule has 0 saturated carbocycles. The van der Waals surface area contributed by atoms with E-state index in [-0.39, 0.29) is 0 Å². The number of hydrogen-bond donors (Lipinski definition) is 1. The van der Waals surface area contributed by atoms with Gasteiger partial charge in [0.15, 0.2) is 5.65 Å². The molecule has 112 valence electrons. The second kappa shape index (κ2) is 5.81. The number of nitrogens with zero attached hydrogens (tertiary/aromatic N) is 5. The molecule has 1 atom stereocenters. The number of likely N-dealkylation sites (tertiary alicyclic amines) is 1. The Kier molecular flexibility index (Phi) is 3.52. The van der Waals surface area contributed by atoms with Crippen molar-refractivity contribution in [2.75, 3.05) is 13.1 Å². The molecule has 0 unspecified atom stereocenters. The smallest absolute Gasteiger partial charge is 0.199 e. The van der Waals surface area contributed by atoms with Gasteiger partial charge in [-0.15, -0.1) is 0 Å². The van der Waals surface area contributed by atoms with E-state index in [1.807, 2.05) is 18.5 Å². The molecular formula is C16H18N6. The lowest BCUT2D eigenvalue weighted by atomic mass is 9.94. The van der Waals surface area contributed by atoms with Crippen LogP contribution in [0.4, 0.5) is 0 Å². The molecule has 1 aliphatic heterocycles. The summed E-state index contributed by atoms with van der Waals surface area (Å²) in [4.78, 5) is 15.4. The molecule has 0 spiro atoms. The first kappa shape index (κ1) is 13.3. The van der Waals surface area contributed by atoms with Crippen LogP contribution in [0.5, 0.6) is 0 Å². The van der Waals surface area contributed by atoms with Gasteiger partial charge >= 0.3 is 0 Å². The minimum absolute atomic E-state index is 0.437. The predicted octanol–water partition coefficient (Wildman–Crippen LogP) is 2.13. The molecule has 1 saturated heterocycles. The van der Waals surface area contributed by atoms with Gasteiger partial charge in [-0.25, -0.2) is 9.97 Å². The highest BCUT2D eigenvalue weighted by atomic mass is 15.2. The summed E-state index contributed by atoms with van der Waals surface area (Å²) in [6, 6.07) is 4.13. The third-order valence-corrected chi connectivity index (χ3v) is 4.26. The van der Waals surface area contributed by atoms with Crippen molar-refractivity contribution in [2.45, 2.75) is 25.3 Å². The highest BCUT2D eigenvalue weighted by molar-refractivity contribution is 5.72. The van der Waals surface area contributed by atoms with E-state index in [9.17, 15) is 0 Å². The van der Waals surface area contributed by atoms with E-state index in [0.717, 1.165) is 37.3 Å². The summed E-state index contributed by atoms with van der Waals surface area (Å²) in [6.07, 6.45) is 9.53. The SMILES string of the molecule is c1cncc(CN2CCC[C@@H](c3[nH]nc4nccnc34)C2)c1. The number of rotatable bonds is 3. The minimum Gasteiger partial charge on any atom is -0.298 e. The fourth-order valence-electron chi connectivity index (χ4n) is 3.24. The lowest BCUT2D eigenvalue weighted by molar-refractivity contribution is 0.198. The molecule has 6 heteroatoms. The average molecular weight is 294 g/mol. The number of pyridine rings is 1. The van der Waals surface area contributed by atoms with Crippen molar-refractivity contribution in [1.29, 1.82) is 0 Å². The molecular weight excluding hydrogens is 276 g/mol. The number of hydrogen-bond acceptors (Lipinski definition) is 5. The topological polar surface area (TPSA) is 70.6 Å². The van der Waals surface area contributed by atoms with E-state index in [0.29, 0.717) is 11.6 Å². The first-order valence-electron chi connectivity index (χ1n) is 7.66. The lowest BCUT2D eigenvalue weighted by Gasteiger charge is -2.32. The molecule has 1 fully saturated rings. The van der Waals surface area contributed by atoms with Gasteiger partial charge in [0.05, 0.1) is 5.69 Å². The first-order valence-corrected chi connectivity index (χ1v) is 7.66. The van der Waals surface area contributed by atoms with Gasteiger partial charge in [-0.3, -0.25) is 15.0 Å². The van der Waals surface area contributed by atoms with Crippen LogP contribution in [0.15, 0.2) is 36.9 Å². The van der Waals surface area contributed by atoms with Crippen LogP contribution >= 0.6 is 0 Å². The molecule has 1 aliphatic rings. The van der Waals surface area contributed by atoms with Crippen molar-refractivity contribution in [3.8, 4) is 0 Å². The van der Waals surface area contributed by atoms with E-state index < -0.39 is 0 Å². The van der Waals surface area contributed by atoms with Crippen molar-refractivity contribution in [2.24, 2.45) is 0 Å². The third-order valence-electron chi connectivity index (χ3n) is 4.26. The Morgan fingerprint density at radius 3 is 3.09 bits per heavy atom. The van der Waals surface area contributed by atoms with Crippen LogP contribution in [0.1, 0.15) is 30.0 Å². The number of fused-ring (bicyclic) bond motifs is 1. The van der Waals surface area contributed by atoms with E-state index in [1.165, 1.54) is 12.0 Å². The summed E-state index contributed by atoms with van der Waals surface area (Å²) in [5.41, 5.74) is 4.01. The highest BCUT2D eigenvalue weighted by Gasteiger charge is 2.25. The zero-order chi connectivity index (χ0) is 14.8. The van der Waals surface area contributed by atoms with Gasteiger partial charge in [0.1, 0.15) is 5.52 Å². The fourth-order valence-corrected chi connectivity index (χ4v) is 3.24. The molecule has 0 radical (unpaired) electrons.